The van der Waals surface area contributed by atoms with Crippen LogP contribution in [0.1, 0.15) is 19.8 Å². The van der Waals surface area contributed by atoms with Crippen molar-refractivity contribution in [1.82, 2.24) is 10.2 Å². The number of nitrogens with zero attached hydrogens (tertiary/aromatic N) is 1. The van der Waals surface area contributed by atoms with Crippen molar-refractivity contribution in [3.63, 3.8) is 0 Å². The second-order valence-electron chi connectivity index (χ2n) is 5.81. The van der Waals surface area contributed by atoms with Gasteiger partial charge >= 0.3 is 0 Å². The maximum absolute atomic E-state index is 12.4. The van der Waals surface area contributed by atoms with Gasteiger partial charge in [0, 0.05) is 24.7 Å². The van der Waals surface area contributed by atoms with Gasteiger partial charge in [-0.1, -0.05) is 11.6 Å². The number of benzene rings is 1. The van der Waals surface area contributed by atoms with E-state index in [-0.39, 0.29) is 17.6 Å². The third-order valence-electron chi connectivity index (χ3n) is 4.08. The molecule has 1 fully saturated rings. The standard InChI is InChI=1S/C16H23ClN2O3S/c1-2-18-16(20)13-4-3-9-19(12-13)10-11-23(21,22)15-7-5-14(17)6-8-15/h5-8,13H,2-4,9-12H2,1H3,(H,18,20). The molecule has 1 aliphatic heterocycles. The van der Waals surface area contributed by atoms with Crippen LogP contribution in [0.25, 0.3) is 0 Å². The normalized spacial score (nSPS) is 19.5. The number of likely N-dealkylation sites (tertiary alicyclic amines) is 1. The van der Waals surface area contributed by atoms with Gasteiger partial charge in [-0.15, -0.1) is 0 Å². The average Bonchev–Trinajstić information content (AvgIpc) is 2.54. The number of amides is 1. The highest BCUT2D eigenvalue weighted by molar-refractivity contribution is 7.91. The highest BCUT2D eigenvalue weighted by Gasteiger charge is 2.26. The average molecular weight is 359 g/mol. The summed E-state index contributed by atoms with van der Waals surface area (Å²) in [6.07, 6.45) is 1.79. The fourth-order valence-corrected chi connectivity index (χ4v) is 4.21. The van der Waals surface area contributed by atoms with Crippen molar-refractivity contribution < 1.29 is 13.2 Å². The summed E-state index contributed by atoms with van der Waals surface area (Å²) in [6, 6.07) is 6.23. The highest BCUT2D eigenvalue weighted by atomic mass is 35.5. The lowest BCUT2D eigenvalue weighted by molar-refractivity contribution is -0.126. The molecule has 1 saturated heterocycles. The maximum Gasteiger partial charge on any atom is 0.224 e. The molecule has 1 unspecified atom stereocenters. The fraction of sp³-hybridized carbons (Fsp3) is 0.562. The molecule has 1 heterocycles. The summed E-state index contributed by atoms with van der Waals surface area (Å²) in [4.78, 5) is 14.3. The van der Waals surface area contributed by atoms with Gasteiger partial charge in [-0.05, 0) is 50.6 Å². The van der Waals surface area contributed by atoms with Crippen LogP contribution in [0.2, 0.25) is 5.02 Å². The fourth-order valence-electron chi connectivity index (χ4n) is 2.80. The molecular weight excluding hydrogens is 336 g/mol. The number of hydrogen-bond donors (Lipinski definition) is 1. The molecule has 1 aromatic carbocycles. The largest absolute Gasteiger partial charge is 0.356 e. The molecule has 5 nitrogen and oxygen atoms in total. The van der Waals surface area contributed by atoms with Crippen molar-refractivity contribution in [2.24, 2.45) is 5.92 Å². The van der Waals surface area contributed by atoms with Gasteiger partial charge < -0.3 is 10.2 Å². The van der Waals surface area contributed by atoms with E-state index in [9.17, 15) is 13.2 Å². The van der Waals surface area contributed by atoms with Crippen molar-refractivity contribution in [3.05, 3.63) is 29.3 Å². The lowest BCUT2D eigenvalue weighted by Gasteiger charge is -2.31. The summed E-state index contributed by atoms with van der Waals surface area (Å²) in [5.74, 6) is 0.0798. The molecule has 1 N–H and O–H groups in total. The summed E-state index contributed by atoms with van der Waals surface area (Å²) in [7, 11) is -3.33. The zero-order chi connectivity index (χ0) is 16.9. The number of piperidine rings is 1. The molecule has 7 heteroatoms. The van der Waals surface area contributed by atoms with E-state index >= 15 is 0 Å². The van der Waals surface area contributed by atoms with Crippen LogP contribution in [0, 0.1) is 5.92 Å². The molecule has 1 atom stereocenters. The molecule has 1 aliphatic rings. The first-order valence-electron chi connectivity index (χ1n) is 7.91. The summed E-state index contributed by atoms with van der Waals surface area (Å²) < 4.78 is 24.7. The summed E-state index contributed by atoms with van der Waals surface area (Å²) in [5, 5.41) is 3.36. The Labute approximate surface area is 142 Å². The predicted molar refractivity (Wildman–Crippen MR) is 91.4 cm³/mol. The molecule has 0 bridgehead atoms. The zero-order valence-corrected chi connectivity index (χ0v) is 14.9. The quantitative estimate of drug-likeness (QED) is 0.844. The minimum absolute atomic E-state index is 0.0399. The van der Waals surface area contributed by atoms with Crippen LogP contribution in [-0.4, -0.2) is 51.2 Å². The molecule has 128 valence electrons. The zero-order valence-electron chi connectivity index (χ0n) is 13.3. The number of carbonyl (C=O) groups excluding carboxylic acids is 1. The number of halogens is 1. The van der Waals surface area contributed by atoms with Crippen molar-refractivity contribution >= 4 is 27.3 Å². The van der Waals surface area contributed by atoms with E-state index in [1.807, 2.05) is 6.92 Å². The molecular formula is C16H23ClN2O3S. The molecule has 0 saturated carbocycles. The van der Waals surface area contributed by atoms with Crippen LogP contribution in [0.5, 0.6) is 0 Å². The van der Waals surface area contributed by atoms with Crippen molar-refractivity contribution in [2.75, 3.05) is 31.9 Å². The van der Waals surface area contributed by atoms with Crippen LogP contribution < -0.4 is 5.32 Å². The third-order valence-corrected chi connectivity index (χ3v) is 6.04. The first kappa shape index (κ1) is 18.2. The Morgan fingerprint density at radius 3 is 2.70 bits per heavy atom. The lowest BCUT2D eigenvalue weighted by Crippen LogP contribution is -2.44. The molecule has 1 aromatic rings. The highest BCUT2D eigenvalue weighted by Crippen LogP contribution is 2.19. The lowest BCUT2D eigenvalue weighted by atomic mass is 9.97. The predicted octanol–water partition coefficient (Wildman–Crippen LogP) is 1.96. The third kappa shape index (κ3) is 5.19. The van der Waals surface area contributed by atoms with Gasteiger partial charge in [0.05, 0.1) is 16.6 Å². The topological polar surface area (TPSA) is 66.5 Å². The molecule has 2 rings (SSSR count). The van der Waals surface area contributed by atoms with Crippen LogP contribution in [0.15, 0.2) is 29.2 Å². The molecule has 0 aromatic heterocycles. The van der Waals surface area contributed by atoms with E-state index in [0.717, 1.165) is 19.4 Å². The van der Waals surface area contributed by atoms with E-state index in [2.05, 4.69) is 10.2 Å². The first-order chi connectivity index (χ1) is 10.9. The van der Waals surface area contributed by atoms with Gasteiger partial charge in [0.25, 0.3) is 0 Å². The van der Waals surface area contributed by atoms with Crippen LogP contribution in [0.3, 0.4) is 0 Å². The molecule has 0 radical (unpaired) electrons. The van der Waals surface area contributed by atoms with Crippen LogP contribution in [0.4, 0.5) is 0 Å². The van der Waals surface area contributed by atoms with Gasteiger partial charge in [0.2, 0.25) is 5.91 Å². The van der Waals surface area contributed by atoms with Crippen molar-refractivity contribution in [3.8, 4) is 0 Å². The maximum atomic E-state index is 12.4. The molecule has 1 amide bonds. The smallest absolute Gasteiger partial charge is 0.224 e. The van der Waals surface area contributed by atoms with E-state index in [0.29, 0.717) is 29.6 Å². The Balaban J connectivity index is 1.92. The van der Waals surface area contributed by atoms with Crippen LogP contribution >= 0.6 is 11.6 Å². The van der Waals surface area contributed by atoms with Crippen LogP contribution in [-0.2, 0) is 14.6 Å². The molecule has 0 aliphatic carbocycles. The van der Waals surface area contributed by atoms with E-state index in [1.54, 1.807) is 12.1 Å². The van der Waals surface area contributed by atoms with Gasteiger partial charge in [-0.2, -0.15) is 0 Å². The minimum Gasteiger partial charge on any atom is -0.356 e. The second kappa shape index (κ2) is 8.13. The Bertz CT molecular complexity index is 631. The SMILES string of the molecule is CCNC(=O)C1CCCN(CCS(=O)(=O)c2ccc(Cl)cc2)C1. The summed E-state index contributed by atoms with van der Waals surface area (Å²) in [6.45, 7) is 4.44. The first-order valence-corrected chi connectivity index (χ1v) is 9.94. The Morgan fingerprint density at radius 1 is 1.35 bits per heavy atom. The van der Waals surface area contributed by atoms with Gasteiger partial charge in [0.15, 0.2) is 9.84 Å². The summed E-state index contributed by atoms with van der Waals surface area (Å²) >= 11 is 5.79. The minimum atomic E-state index is -3.33. The molecule has 0 spiro atoms. The Kier molecular flexibility index (Phi) is 6.44. The second-order valence-corrected chi connectivity index (χ2v) is 8.35. The van der Waals surface area contributed by atoms with Gasteiger partial charge in [0.1, 0.15) is 0 Å². The number of hydrogen-bond acceptors (Lipinski definition) is 4. The number of rotatable bonds is 6. The van der Waals surface area contributed by atoms with Crippen molar-refractivity contribution in [1.29, 1.82) is 0 Å². The number of sulfone groups is 1. The van der Waals surface area contributed by atoms with Gasteiger partial charge in [-0.3, -0.25) is 4.79 Å². The van der Waals surface area contributed by atoms with E-state index in [1.165, 1.54) is 12.1 Å². The Hall–Kier alpha value is -1.11. The van der Waals surface area contributed by atoms with Crippen molar-refractivity contribution in [2.45, 2.75) is 24.7 Å². The van der Waals surface area contributed by atoms with E-state index < -0.39 is 9.84 Å². The Morgan fingerprint density at radius 2 is 2.04 bits per heavy atom. The van der Waals surface area contributed by atoms with Gasteiger partial charge in [-0.25, -0.2) is 8.42 Å². The number of nitrogens with one attached hydrogen (secondary N) is 1. The molecule has 23 heavy (non-hydrogen) atoms. The monoisotopic (exact) mass is 358 g/mol. The number of carbonyl (C=O) groups is 1. The van der Waals surface area contributed by atoms with E-state index in [4.69, 9.17) is 11.6 Å². The summed E-state index contributed by atoms with van der Waals surface area (Å²) in [5.41, 5.74) is 0.